The molecule has 82 heavy (non-hydrogen) atoms. The lowest BCUT2D eigenvalue weighted by molar-refractivity contribution is -0.384. The standard InChI is InChI=1S/C66H82N4O12/c1-5-7-8-9-10-11-12-13-14-28-62(73)69(44-49-25-21-24-47-22-15-16-26-53(47)49)61-43-58(68-80-45-46-29-31-50(32-30-46)70(75)76)55-40-48(23-17-19-37-71)54(27-18-20-38-72)63-56-41-52(34-36-59(56)82-66(61,64(55)63)79-39-6-2)81-65(74)67-57-35-33-51(77-3)42-60(57)78-4/h6,15-16,21-22,24-26,29-36,40-42,48,54,61,63-64,71-72H,2,5,7-14,17-20,23,27-28,37-39,43-45H2,1,3-4H3,(H,67,74)/t48-,54+,61-,63+,64+,66+/m0/s1. The molecular weight excluding hydrogens is 1040 g/mol. The summed E-state index contributed by atoms with van der Waals surface area (Å²) in [6.07, 6.45) is 17.6. The third kappa shape index (κ3) is 14.9. The van der Waals surface area contributed by atoms with Gasteiger partial charge in [-0.1, -0.05) is 131 Å². The van der Waals surface area contributed by atoms with Gasteiger partial charge >= 0.3 is 6.09 Å². The van der Waals surface area contributed by atoms with E-state index in [2.05, 4.69) is 49.2 Å². The fraction of sp³-hybridized carbons (Fsp3) is 0.470. The van der Waals surface area contributed by atoms with Gasteiger partial charge in [0.25, 0.3) is 5.69 Å². The van der Waals surface area contributed by atoms with Crippen LogP contribution in [0.4, 0.5) is 16.2 Å². The number of aliphatic hydroxyl groups excluding tert-OH is 2. The fourth-order valence-corrected chi connectivity index (χ4v) is 12.5. The highest BCUT2D eigenvalue weighted by Crippen LogP contribution is 2.62. The van der Waals surface area contributed by atoms with Crippen LogP contribution in [0.3, 0.4) is 0 Å². The first kappa shape index (κ1) is 60.8. The zero-order valence-corrected chi connectivity index (χ0v) is 47.9. The summed E-state index contributed by atoms with van der Waals surface area (Å²) >= 11 is 0. The van der Waals surface area contributed by atoms with E-state index in [1.165, 1.54) is 51.3 Å². The quantitative estimate of drug-likeness (QED) is 0.0159. The van der Waals surface area contributed by atoms with Crippen molar-refractivity contribution >= 4 is 39.9 Å². The molecular formula is C66H82N4O12. The highest BCUT2D eigenvalue weighted by molar-refractivity contribution is 6.03. The van der Waals surface area contributed by atoms with E-state index in [1.54, 1.807) is 49.6 Å². The molecule has 0 bridgehead atoms. The SMILES string of the molecule is C=CCO[C@@]12Oc3ccc(OC(=O)Nc4ccc(OC)cc4OC)cc3[C@H]3[C@H](CCCCO)[C@@H](CCCCO)C=C(C(=NOCc4ccc([N+](=O)[O-])cc4)C[C@@H]1N(Cc1cccc4ccccc14)C(=O)CCCCCCCCCCC)[C@H]32. The van der Waals surface area contributed by atoms with Crippen LogP contribution in [0.1, 0.15) is 139 Å². The number of hydrogen-bond acceptors (Lipinski definition) is 13. The summed E-state index contributed by atoms with van der Waals surface area (Å²) in [6, 6.07) is 30.2. The first-order valence-corrected chi connectivity index (χ1v) is 29.5. The maximum atomic E-state index is 15.7. The number of rotatable bonds is 32. The van der Waals surface area contributed by atoms with E-state index in [9.17, 15) is 25.1 Å². The third-order valence-corrected chi connectivity index (χ3v) is 16.5. The minimum atomic E-state index is -1.55. The number of nitro groups is 1. The Morgan fingerprint density at radius 2 is 1.56 bits per heavy atom. The van der Waals surface area contributed by atoms with E-state index >= 15 is 4.79 Å². The van der Waals surface area contributed by atoms with Gasteiger partial charge in [-0.25, -0.2) is 4.79 Å². The van der Waals surface area contributed by atoms with Crippen LogP contribution in [0, 0.1) is 27.9 Å². The lowest BCUT2D eigenvalue weighted by Gasteiger charge is -2.60. The third-order valence-electron chi connectivity index (χ3n) is 16.5. The number of non-ortho nitro benzene ring substituents is 1. The Hall–Kier alpha value is -7.27. The van der Waals surface area contributed by atoms with Crippen molar-refractivity contribution in [2.75, 3.05) is 39.4 Å². The Morgan fingerprint density at radius 3 is 2.28 bits per heavy atom. The molecule has 0 aromatic heterocycles. The average Bonchev–Trinajstić information content (AvgIpc) is 1.00. The largest absolute Gasteiger partial charge is 0.497 e. The van der Waals surface area contributed by atoms with Crippen LogP contribution in [-0.4, -0.2) is 83.6 Å². The minimum Gasteiger partial charge on any atom is -0.497 e. The van der Waals surface area contributed by atoms with Crippen molar-refractivity contribution in [2.24, 2.45) is 22.9 Å². The van der Waals surface area contributed by atoms with E-state index in [-0.39, 0.29) is 68.6 Å². The normalized spacial score (nSPS) is 20.2. The maximum absolute atomic E-state index is 15.7. The monoisotopic (exact) mass is 1120 g/mol. The molecule has 6 atom stereocenters. The van der Waals surface area contributed by atoms with Gasteiger partial charge in [-0.15, -0.1) is 6.58 Å². The van der Waals surface area contributed by atoms with Gasteiger partial charge in [0.15, 0.2) is 0 Å². The molecule has 1 fully saturated rings. The van der Waals surface area contributed by atoms with Crippen molar-refractivity contribution in [1.82, 2.24) is 4.90 Å². The molecule has 8 rings (SSSR count). The summed E-state index contributed by atoms with van der Waals surface area (Å²) in [6.45, 7) is 6.72. The summed E-state index contributed by atoms with van der Waals surface area (Å²) in [5.41, 5.74) is 4.19. The number of nitro benzene ring substituents is 1. The van der Waals surface area contributed by atoms with Gasteiger partial charge < -0.3 is 43.6 Å². The Labute approximate surface area is 482 Å². The van der Waals surface area contributed by atoms with Gasteiger partial charge in [-0.05, 0) is 114 Å². The van der Waals surface area contributed by atoms with Gasteiger partial charge in [0, 0.05) is 62.3 Å². The Kier molecular flexibility index (Phi) is 22.4. The van der Waals surface area contributed by atoms with E-state index in [4.69, 9.17) is 33.7 Å². The van der Waals surface area contributed by atoms with Gasteiger partial charge in [0.1, 0.15) is 35.6 Å². The van der Waals surface area contributed by atoms with Gasteiger partial charge in [-0.3, -0.25) is 20.2 Å². The highest BCUT2D eigenvalue weighted by Gasteiger charge is 2.65. The summed E-state index contributed by atoms with van der Waals surface area (Å²) in [5, 5.41) is 41.8. The van der Waals surface area contributed by atoms with Crippen LogP contribution < -0.4 is 24.3 Å². The maximum Gasteiger partial charge on any atom is 0.417 e. The summed E-state index contributed by atoms with van der Waals surface area (Å²) in [7, 11) is 3.05. The number of amides is 2. The molecule has 1 aliphatic heterocycles. The van der Waals surface area contributed by atoms with Crippen LogP contribution in [0.15, 0.2) is 133 Å². The number of nitrogens with one attached hydrogen (secondary N) is 1. The number of ether oxygens (including phenoxy) is 5. The van der Waals surface area contributed by atoms with Gasteiger partial charge in [-0.2, -0.15) is 0 Å². The van der Waals surface area contributed by atoms with Crippen molar-refractivity contribution in [3.8, 4) is 23.0 Å². The number of methoxy groups -OCH3 is 2. The van der Waals surface area contributed by atoms with E-state index in [0.717, 1.165) is 59.6 Å². The van der Waals surface area contributed by atoms with E-state index in [1.807, 2.05) is 35.2 Å². The van der Waals surface area contributed by atoms with Crippen LogP contribution >= 0.6 is 0 Å². The molecule has 16 nitrogen and oxygen atoms in total. The van der Waals surface area contributed by atoms with Crippen LogP contribution in [0.25, 0.3) is 10.8 Å². The molecule has 5 aromatic rings. The van der Waals surface area contributed by atoms with Crippen LogP contribution in [-0.2, 0) is 27.5 Å². The summed E-state index contributed by atoms with van der Waals surface area (Å²) in [4.78, 5) is 49.0. The number of unbranched alkanes of at least 4 members (excludes halogenated alkanes) is 10. The second-order valence-electron chi connectivity index (χ2n) is 21.8. The zero-order valence-electron chi connectivity index (χ0n) is 47.9. The molecule has 0 spiro atoms. The lowest BCUT2D eigenvalue weighted by Crippen LogP contribution is -2.70. The van der Waals surface area contributed by atoms with Crippen LogP contribution in [0.5, 0.6) is 23.0 Å². The molecule has 3 aliphatic rings. The Balaban J connectivity index is 1.28. The number of oxime groups is 1. The zero-order chi connectivity index (χ0) is 57.8. The molecule has 16 heteroatoms. The smallest absolute Gasteiger partial charge is 0.417 e. The molecule has 0 unspecified atom stereocenters. The second-order valence-corrected chi connectivity index (χ2v) is 21.8. The van der Waals surface area contributed by atoms with Crippen LogP contribution in [0.2, 0.25) is 0 Å². The number of benzene rings is 5. The Morgan fingerprint density at radius 1 is 0.841 bits per heavy atom. The van der Waals surface area contributed by atoms with E-state index < -0.39 is 34.7 Å². The van der Waals surface area contributed by atoms with Gasteiger partial charge in [0.05, 0.1) is 43.1 Å². The first-order chi connectivity index (χ1) is 40.1. The van der Waals surface area contributed by atoms with Crippen molar-refractivity contribution < 1.29 is 53.2 Å². The highest BCUT2D eigenvalue weighted by atomic mass is 16.7. The molecule has 0 radical (unpaired) electrons. The molecule has 1 heterocycles. The second kappa shape index (κ2) is 30.2. The minimum absolute atomic E-state index is 0.0110. The van der Waals surface area contributed by atoms with Crippen molar-refractivity contribution in [3.63, 3.8) is 0 Å². The number of fused-ring (bicyclic) bond motifs is 3. The number of hydrogen-bond donors (Lipinski definition) is 3. The number of anilines is 1. The van der Waals surface area contributed by atoms with Gasteiger partial charge in [0.2, 0.25) is 11.7 Å². The number of carbonyl (C=O) groups is 2. The van der Waals surface area contributed by atoms with E-state index in [0.29, 0.717) is 72.7 Å². The van der Waals surface area contributed by atoms with Crippen molar-refractivity contribution in [1.29, 1.82) is 0 Å². The van der Waals surface area contributed by atoms with Crippen molar-refractivity contribution in [2.45, 2.75) is 147 Å². The topological polar surface area (TPSA) is 201 Å². The number of carbonyl (C=O) groups excluding carboxylic acids is 2. The average molecular weight is 1120 g/mol. The molecule has 2 aliphatic carbocycles. The predicted molar refractivity (Wildman–Crippen MR) is 318 cm³/mol. The molecule has 2 amide bonds. The Bertz CT molecular complexity index is 2990. The molecule has 5 aromatic carbocycles. The first-order valence-electron chi connectivity index (χ1n) is 29.5. The molecule has 1 saturated carbocycles. The summed E-state index contributed by atoms with van der Waals surface area (Å²) < 4.78 is 32.0. The van der Waals surface area contributed by atoms with Crippen molar-refractivity contribution in [3.05, 3.63) is 154 Å². The number of allylic oxidation sites excluding steroid dienone is 1. The predicted octanol–water partition coefficient (Wildman–Crippen LogP) is 14.2. The lowest BCUT2D eigenvalue weighted by atomic mass is 9.55. The number of aliphatic hydroxyl groups is 2. The number of nitrogens with zero attached hydrogens (tertiary/aromatic N) is 3. The molecule has 3 N–H and O–H groups in total. The summed E-state index contributed by atoms with van der Waals surface area (Å²) in [5.74, 6) is -1.13. The molecule has 438 valence electrons. The fourth-order valence-electron chi connectivity index (χ4n) is 12.5. The molecule has 0 saturated heterocycles.